The van der Waals surface area contributed by atoms with Gasteiger partial charge in [-0.1, -0.05) is 0 Å². The summed E-state index contributed by atoms with van der Waals surface area (Å²) in [5, 5.41) is 17.1. The second kappa shape index (κ2) is 5.63. The Labute approximate surface area is 127 Å². The van der Waals surface area contributed by atoms with Crippen LogP contribution in [0, 0.1) is 0 Å². The number of nitrogens with zero attached hydrogens (tertiary/aromatic N) is 3. The fourth-order valence-electron chi connectivity index (χ4n) is 2.32. The summed E-state index contributed by atoms with van der Waals surface area (Å²) in [6.45, 7) is 1.13. The van der Waals surface area contributed by atoms with Crippen LogP contribution in [0.3, 0.4) is 0 Å². The van der Waals surface area contributed by atoms with Gasteiger partial charge in [-0.05, 0) is 47.4 Å². The Morgan fingerprint density at radius 3 is 3.10 bits per heavy atom. The lowest BCUT2D eigenvalue weighted by Crippen LogP contribution is -2.35. The van der Waals surface area contributed by atoms with Gasteiger partial charge in [0.15, 0.2) is 0 Å². The largest absolute Gasteiger partial charge is 0.480 e. The van der Waals surface area contributed by atoms with Crippen molar-refractivity contribution >= 4 is 33.2 Å². The number of hydrogen-bond acceptors (Lipinski definition) is 6. The number of aliphatic carboxylic acids is 1. The molecule has 0 aromatic carbocycles. The van der Waals surface area contributed by atoms with E-state index in [1.54, 1.807) is 0 Å². The average molecular weight is 358 g/mol. The predicted molar refractivity (Wildman–Crippen MR) is 76.4 cm³/mol. The Morgan fingerprint density at radius 1 is 1.55 bits per heavy atom. The third-order valence-corrected chi connectivity index (χ3v) is 4.85. The molecule has 8 heteroatoms. The van der Waals surface area contributed by atoms with Gasteiger partial charge in [-0.15, -0.1) is 21.5 Å². The summed E-state index contributed by atoms with van der Waals surface area (Å²) < 4.78 is 6.60. The van der Waals surface area contributed by atoms with E-state index in [1.165, 1.54) is 11.3 Å². The second-order valence-electron chi connectivity index (χ2n) is 4.57. The van der Waals surface area contributed by atoms with E-state index in [-0.39, 0.29) is 0 Å². The van der Waals surface area contributed by atoms with Crippen molar-refractivity contribution < 1.29 is 14.3 Å². The molecule has 3 heterocycles. The average Bonchev–Trinajstić information content (AvgIpc) is 3.09. The highest BCUT2D eigenvalue weighted by Gasteiger charge is 2.31. The normalized spacial score (nSPS) is 19.6. The molecule has 2 aromatic rings. The molecule has 1 atom stereocenters. The van der Waals surface area contributed by atoms with E-state index in [2.05, 4.69) is 26.1 Å². The van der Waals surface area contributed by atoms with Crippen LogP contribution in [0.2, 0.25) is 0 Å². The van der Waals surface area contributed by atoms with E-state index < -0.39 is 12.0 Å². The highest BCUT2D eigenvalue weighted by Crippen LogP contribution is 2.30. The quantitative estimate of drug-likeness (QED) is 0.905. The Bertz CT molecular complexity index is 627. The lowest BCUT2D eigenvalue weighted by atomic mass is 10.2. The molecule has 3 rings (SSSR count). The van der Waals surface area contributed by atoms with E-state index in [9.17, 15) is 4.79 Å². The van der Waals surface area contributed by atoms with Gasteiger partial charge in [0, 0.05) is 0 Å². The van der Waals surface area contributed by atoms with Gasteiger partial charge in [0.25, 0.3) is 5.89 Å². The maximum atomic E-state index is 11.1. The maximum Gasteiger partial charge on any atom is 0.320 e. The zero-order valence-corrected chi connectivity index (χ0v) is 12.9. The van der Waals surface area contributed by atoms with Crippen molar-refractivity contribution in [3.05, 3.63) is 21.8 Å². The molecule has 1 unspecified atom stereocenters. The molecule has 0 saturated carbocycles. The van der Waals surface area contributed by atoms with Crippen molar-refractivity contribution in [1.29, 1.82) is 0 Å². The molecule has 0 radical (unpaired) electrons. The van der Waals surface area contributed by atoms with Gasteiger partial charge in [0.2, 0.25) is 5.89 Å². The molecular weight excluding hydrogens is 346 g/mol. The van der Waals surface area contributed by atoms with Crippen molar-refractivity contribution in [3.63, 3.8) is 0 Å². The number of carboxylic acids is 1. The zero-order chi connectivity index (χ0) is 14.1. The van der Waals surface area contributed by atoms with Crippen LogP contribution in [-0.2, 0) is 11.3 Å². The maximum absolute atomic E-state index is 11.1. The molecule has 0 amide bonds. The molecule has 0 bridgehead atoms. The molecule has 0 spiro atoms. The Balaban J connectivity index is 1.73. The summed E-state index contributed by atoms with van der Waals surface area (Å²) >= 11 is 4.90. The number of hydrogen-bond donors (Lipinski definition) is 1. The van der Waals surface area contributed by atoms with E-state index >= 15 is 0 Å². The van der Waals surface area contributed by atoms with Crippen molar-refractivity contribution in [3.8, 4) is 10.8 Å². The fraction of sp³-hybridized carbons (Fsp3) is 0.417. The van der Waals surface area contributed by atoms with Gasteiger partial charge < -0.3 is 9.52 Å². The third kappa shape index (κ3) is 2.77. The number of carbonyl (C=O) groups is 1. The van der Waals surface area contributed by atoms with Gasteiger partial charge in [-0.25, -0.2) is 0 Å². The van der Waals surface area contributed by atoms with Crippen molar-refractivity contribution in [2.24, 2.45) is 0 Å². The molecule has 20 heavy (non-hydrogen) atoms. The van der Waals surface area contributed by atoms with Crippen molar-refractivity contribution in [2.45, 2.75) is 25.4 Å². The molecule has 1 N–H and O–H groups in total. The number of likely N-dealkylation sites (tertiary alicyclic amines) is 1. The van der Waals surface area contributed by atoms with E-state index in [4.69, 9.17) is 9.52 Å². The lowest BCUT2D eigenvalue weighted by Gasteiger charge is -2.18. The Kier molecular flexibility index (Phi) is 3.86. The van der Waals surface area contributed by atoms with Crippen molar-refractivity contribution in [2.75, 3.05) is 6.54 Å². The topological polar surface area (TPSA) is 79.5 Å². The molecule has 1 fully saturated rings. The van der Waals surface area contributed by atoms with Crippen LogP contribution in [0.25, 0.3) is 10.8 Å². The summed E-state index contributed by atoms with van der Waals surface area (Å²) in [6, 6.07) is 3.38. The highest BCUT2D eigenvalue weighted by atomic mass is 79.9. The first kappa shape index (κ1) is 13.7. The minimum atomic E-state index is -0.788. The molecule has 0 aliphatic carbocycles. The summed E-state index contributed by atoms with van der Waals surface area (Å²) in [4.78, 5) is 13.9. The van der Waals surface area contributed by atoms with E-state index in [0.717, 1.165) is 21.6 Å². The van der Waals surface area contributed by atoms with Crippen LogP contribution in [0.15, 0.2) is 20.3 Å². The summed E-state index contributed by atoms with van der Waals surface area (Å²) in [5.74, 6) is 0.142. The Hall–Kier alpha value is -1.25. The summed E-state index contributed by atoms with van der Waals surface area (Å²) in [5.41, 5.74) is 0. The van der Waals surface area contributed by atoms with E-state index in [1.807, 2.05) is 17.0 Å². The number of rotatable bonds is 4. The minimum Gasteiger partial charge on any atom is -0.480 e. The van der Waals surface area contributed by atoms with Gasteiger partial charge in [-0.2, -0.15) is 0 Å². The van der Waals surface area contributed by atoms with Crippen LogP contribution in [0.5, 0.6) is 0 Å². The molecule has 106 valence electrons. The smallest absolute Gasteiger partial charge is 0.320 e. The summed E-state index contributed by atoms with van der Waals surface area (Å²) in [7, 11) is 0. The second-order valence-corrected chi connectivity index (χ2v) is 7.03. The van der Waals surface area contributed by atoms with Crippen LogP contribution < -0.4 is 0 Å². The number of halogens is 1. The van der Waals surface area contributed by atoms with Gasteiger partial charge in [-0.3, -0.25) is 9.69 Å². The van der Waals surface area contributed by atoms with Crippen molar-refractivity contribution in [1.82, 2.24) is 15.1 Å². The third-order valence-electron chi connectivity index (χ3n) is 3.24. The SMILES string of the molecule is O=C(O)C1CCCN1Cc1nnc(-c2ccc(Br)s2)o1. The van der Waals surface area contributed by atoms with Gasteiger partial charge >= 0.3 is 5.97 Å². The first-order valence-electron chi connectivity index (χ1n) is 6.18. The van der Waals surface area contributed by atoms with Crippen LogP contribution in [-0.4, -0.2) is 38.8 Å². The predicted octanol–water partition coefficient (Wildman–Crippen LogP) is 2.61. The zero-order valence-electron chi connectivity index (χ0n) is 10.5. The molecule has 6 nitrogen and oxygen atoms in total. The molecule has 1 saturated heterocycles. The lowest BCUT2D eigenvalue weighted by molar-refractivity contribution is -0.142. The van der Waals surface area contributed by atoms with Gasteiger partial charge in [0.05, 0.1) is 15.2 Å². The number of aromatic nitrogens is 2. The van der Waals surface area contributed by atoms with Crippen LogP contribution in [0.4, 0.5) is 0 Å². The first-order chi connectivity index (χ1) is 9.63. The molecular formula is C12H12BrN3O3S. The highest BCUT2D eigenvalue weighted by molar-refractivity contribution is 9.11. The molecule has 2 aromatic heterocycles. The number of thiophene rings is 1. The minimum absolute atomic E-state index is 0.385. The van der Waals surface area contributed by atoms with Gasteiger partial charge in [0.1, 0.15) is 6.04 Å². The summed E-state index contributed by atoms with van der Waals surface area (Å²) in [6.07, 6.45) is 1.56. The van der Waals surface area contributed by atoms with Crippen LogP contribution in [0.1, 0.15) is 18.7 Å². The monoisotopic (exact) mass is 357 g/mol. The molecule has 1 aliphatic heterocycles. The standard InChI is InChI=1S/C12H12BrN3O3S/c13-9-4-3-8(20-9)11-15-14-10(19-11)6-16-5-1-2-7(16)12(17)18/h3-4,7H,1-2,5-6H2,(H,17,18). The first-order valence-corrected chi connectivity index (χ1v) is 7.79. The fourth-order valence-corrected chi connectivity index (χ4v) is 3.62. The molecule has 1 aliphatic rings. The number of carboxylic acid groups (broad SMARTS) is 1. The van der Waals surface area contributed by atoms with Crippen LogP contribution >= 0.6 is 27.3 Å². The Morgan fingerprint density at radius 2 is 2.40 bits per heavy atom. The van der Waals surface area contributed by atoms with E-state index in [0.29, 0.717) is 24.7 Å².